The largest absolute Gasteiger partial charge is 0.497 e. The highest BCUT2D eigenvalue weighted by molar-refractivity contribution is 7.99. The van der Waals surface area contributed by atoms with Gasteiger partial charge >= 0.3 is 0 Å². The Labute approximate surface area is 124 Å². The molecule has 0 saturated carbocycles. The Morgan fingerprint density at radius 1 is 1.00 bits per heavy atom. The van der Waals surface area contributed by atoms with Gasteiger partial charge in [-0.2, -0.15) is 0 Å². The first-order valence-corrected chi connectivity index (χ1v) is 7.28. The lowest BCUT2D eigenvalue weighted by Gasteiger charge is -2.13. The molecule has 0 aliphatic rings. The lowest BCUT2D eigenvalue weighted by molar-refractivity contribution is 0.243. The molecule has 0 radical (unpaired) electrons. The first kappa shape index (κ1) is 14.6. The molecule has 0 aromatic heterocycles. The average molecular weight is 289 g/mol. The van der Waals surface area contributed by atoms with E-state index in [0.29, 0.717) is 5.69 Å². The first-order chi connectivity index (χ1) is 9.58. The van der Waals surface area contributed by atoms with Crippen molar-refractivity contribution in [3.63, 3.8) is 0 Å². The molecular weight excluding hydrogens is 270 g/mol. The molecule has 0 fully saturated rings. The van der Waals surface area contributed by atoms with Gasteiger partial charge in [0.2, 0.25) is 0 Å². The first-order valence-electron chi connectivity index (χ1n) is 6.46. The van der Waals surface area contributed by atoms with Gasteiger partial charge in [0.05, 0.1) is 18.9 Å². The molecule has 106 valence electrons. The molecule has 20 heavy (non-hydrogen) atoms. The van der Waals surface area contributed by atoms with E-state index in [1.54, 1.807) is 18.9 Å². The van der Waals surface area contributed by atoms with E-state index in [1.165, 1.54) is 0 Å². The van der Waals surface area contributed by atoms with Crippen molar-refractivity contribution in [1.82, 2.24) is 0 Å². The highest BCUT2D eigenvalue weighted by atomic mass is 32.2. The fourth-order valence-corrected chi connectivity index (χ4v) is 2.56. The third-order valence-electron chi connectivity index (χ3n) is 2.64. The summed E-state index contributed by atoms with van der Waals surface area (Å²) in [5.74, 6) is 1.59. The number of nitrogen functional groups attached to an aromatic ring is 1. The Morgan fingerprint density at radius 2 is 1.65 bits per heavy atom. The highest BCUT2D eigenvalue weighted by Gasteiger charge is 2.06. The van der Waals surface area contributed by atoms with Crippen molar-refractivity contribution in [2.45, 2.75) is 29.7 Å². The summed E-state index contributed by atoms with van der Waals surface area (Å²) in [5.41, 5.74) is 6.58. The molecule has 0 bridgehead atoms. The molecule has 0 atom stereocenters. The highest BCUT2D eigenvalue weighted by Crippen LogP contribution is 2.34. The van der Waals surface area contributed by atoms with Crippen LogP contribution in [0.15, 0.2) is 52.3 Å². The number of ether oxygens (including phenoxy) is 2. The number of hydrogen-bond donors (Lipinski definition) is 1. The summed E-state index contributed by atoms with van der Waals surface area (Å²) >= 11 is 1.67. The van der Waals surface area contributed by atoms with Gasteiger partial charge in [-0.25, -0.2) is 0 Å². The number of nitrogens with two attached hydrogens (primary N) is 1. The summed E-state index contributed by atoms with van der Waals surface area (Å²) in [6.45, 7) is 3.98. The second-order valence-corrected chi connectivity index (χ2v) is 5.79. The lowest BCUT2D eigenvalue weighted by Crippen LogP contribution is -2.07. The van der Waals surface area contributed by atoms with Crippen molar-refractivity contribution in [2.75, 3.05) is 12.8 Å². The van der Waals surface area contributed by atoms with Crippen molar-refractivity contribution in [3.8, 4) is 11.5 Å². The molecule has 0 heterocycles. The molecule has 0 aliphatic heterocycles. The van der Waals surface area contributed by atoms with Crippen LogP contribution < -0.4 is 15.2 Å². The van der Waals surface area contributed by atoms with Crippen LogP contribution in [0.1, 0.15) is 13.8 Å². The third kappa shape index (κ3) is 3.84. The summed E-state index contributed by atoms with van der Waals surface area (Å²) in [6.07, 6.45) is 0.110. The molecule has 0 unspecified atom stereocenters. The van der Waals surface area contributed by atoms with Gasteiger partial charge in [-0.05, 0) is 56.3 Å². The van der Waals surface area contributed by atoms with Gasteiger partial charge < -0.3 is 15.2 Å². The fourth-order valence-electron chi connectivity index (χ4n) is 1.71. The minimum Gasteiger partial charge on any atom is -0.497 e. The monoisotopic (exact) mass is 289 g/mol. The molecule has 2 rings (SSSR count). The van der Waals surface area contributed by atoms with E-state index in [0.717, 1.165) is 21.3 Å². The molecule has 2 aromatic carbocycles. The fraction of sp³-hybridized carbons (Fsp3) is 0.250. The molecule has 0 aliphatic carbocycles. The van der Waals surface area contributed by atoms with Gasteiger partial charge in [-0.15, -0.1) is 0 Å². The van der Waals surface area contributed by atoms with Crippen LogP contribution in [0.25, 0.3) is 0 Å². The standard InChI is InChI=1S/C16H19NO2S/c1-11(2)19-16-10-14(8-9-15(16)17)20-13-6-4-12(18-3)5-7-13/h4-11H,17H2,1-3H3. The molecule has 3 nitrogen and oxygen atoms in total. The van der Waals surface area contributed by atoms with Crippen molar-refractivity contribution in [3.05, 3.63) is 42.5 Å². The predicted molar refractivity (Wildman–Crippen MR) is 83.7 cm³/mol. The molecule has 2 N–H and O–H groups in total. The zero-order valence-corrected chi connectivity index (χ0v) is 12.7. The summed E-state index contributed by atoms with van der Waals surface area (Å²) in [7, 11) is 1.66. The van der Waals surface area contributed by atoms with Crippen LogP contribution in [0, 0.1) is 0 Å². The van der Waals surface area contributed by atoms with Gasteiger partial charge in [0.1, 0.15) is 11.5 Å². The minimum atomic E-state index is 0.110. The van der Waals surface area contributed by atoms with E-state index in [4.69, 9.17) is 15.2 Å². The van der Waals surface area contributed by atoms with E-state index in [9.17, 15) is 0 Å². The maximum atomic E-state index is 5.92. The Balaban J connectivity index is 2.16. The SMILES string of the molecule is COc1ccc(Sc2ccc(N)c(OC(C)C)c2)cc1. The topological polar surface area (TPSA) is 44.5 Å². The Kier molecular flexibility index (Phi) is 4.79. The van der Waals surface area contributed by atoms with Gasteiger partial charge in [-0.3, -0.25) is 0 Å². The summed E-state index contributed by atoms with van der Waals surface area (Å²) in [5, 5.41) is 0. The van der Waals surface area contributed by atoms with Crippen molar-refractivity contribution < 1.29 is 9.47 Å². The lowest BCUT2D eigenvalue weighted by atomic mass is 10.3. The van der Waals surface area contributed by atoms with Gasteiger partial charge in [-0.1, -0.05) is 11.8 Å². The smallest absolute Gasteiger partial charge is 0.143 e. The Hall–Kier alpha value is -1.81. The summed E-state index contributed by atoms with van der Waals surface area (Å²) < 4.78 is 10.9. The number of anilines is 1. The Bertz CT molecular complexity index is 567. The molecule has 0 amide bonds. The maximum Gasteiger partial charge on any atom is 0.143 e. The van der Waals surface area contributed by atoms with E-state index < -0.39 is 0 Å². The van der Waals surface area contributed by atoms with E-state index in [-0.39, 0.29) is 6.10 Å². The van der Waals surface area contributed by atoms with Gasteiger partial charge in [0.25, 0.3) is 0 Å². The second kappa shape index (κ2) is 6.57. The van der Waals surface area contributed by atoms with E-state index in [1.807, 2.05) is 56.3 Å². The molecule has 0 spiro atoms. The number of methoxy groups -OCH3 is 1. The summed E-state index contributed by atoms with van der Waals surface area (Å²) in [4.78, 5) is 2.24. The predicted octanol–water partition coefficient (Wildman–Crippen LogP) is 4.22. The third-order valence-corrected chi connectivity index (χ3v) is 3.64. The zero-order valence-electron chi connectivity index (χ0n) is 11.9. The van der Waals surface area contributed by atoms with Crippen LogP contribution in [0.5, 0.6) is 11.5 Å². The van der Waals surface area contributed by atoms with Gasteiger partial charge in [0.15, 0.2) is 0 Å². The van der Waals surface area contributed by atoms with E-state index >= 15 is 0 Å². The summed E-state index contributed by atoms with van der Waals surface area (Å²) in [6, 6.07) is 13.8. The van der Waals surface area contributed by atoms with Crippen LogP contribution in [0.3, 0.4) is 0 Å². The number of hydrogen-bond acceptors (Lipinski definition) is 4. The van der Waals surface area contributed by atoms with Crippen molar-refractivity contribution in [2.24, 2.45) is 0 Å². The maximum absolute atomic E-state index is 5.92. The molecule has 2 aromatic rings. The van der Waals surface area contributed by atoms with Crippen molar-refractivity contribution in [1.29, 1.82) is 0 Å². The minimum absolute atomic E-state index is 0.110. The van der Waals surface area contributed by atoms with Crippen molar-refractivity contribution >= 4 is 17.4 Å². The number of rotatable bonds is 5. The molecule has 0 saturated heterocycles. The van der Waals surface area contributed by atoms with Crippen LogP contribution in [-0.4, -0.2) is 13.2 Å². The normalized spacial score (nSPS) is 10.6. The van der Waals surface area contributed by atoms with Crippen LogP contribution in [0.4, 0.5) is 5.69 Å². The Morgan fingerprint density at radius 3 is 2.25 bits per heavy atom. The quantitative estimate of drug-likeness (QED) is 0.837. The molecule has 4 heteroatoms. The zero-order chi connectivity index (χ0) is 14.5. The average Bonchev–Trinajstić information content (AvgIpc) is 2.43. The van der Waals surface area contributed by atoms with Crippen LogP contribution >= 0.6 is 11.8 Å². The van der Waals surface area contributed by atoms with E-state index in [2.05, 4.69) is 0 Å². The van der Waals surface area contributed by atoms with Crippen LogP contribution in [-0.2, 0) is 0 Å². The molecular formula is C16H19NO2S. The van der Waals surface area contributed by atoms with Gasteiger partial charge in [0, 0.05) is 9.79 Å². The van der Waals surface area contributed by atoms with Crippen LogP contribution in [0.2, 0.25) is 0 Å². The number of benzene rings is 2. The second-order valence-electron chi connectivity index (χ2n) is 4.64.